The molecule has 3 atom stereocenters. The number of carbonyl (C=O) groups excluding carboxylic acids is 1. The number of fused-ring (bicyclic) bond motifs is 1. The fourth-order valence-electron chi connectivity index (χ4n) is 6.44. The number of hydrogen-bond donors (Lipinski definition) is 1. The maximum Gasteiger partial charge on any atom is 0.308 e. The second kappa shape index (κ2) is 14.4. The Hall–Kier alpha value is -4.28. The fraction of sp³-hybridized carbons (Fsp3) is 0.444. The van der Waals surface area contributed by atoms with Crippen molar-refractivity contribution in [2.45, 2.75) is 38.3 Å². The first-order valence-electron chi connectivity index (χ1n) is 15.9. The highest BCUT2D eigenvalue weighted by atomic mass is 16.7. The summed E-state index contributed by atoms with van der Waals surface area (Å²) in [7, 11) is 7.99. The molecule has 0 aliphatic carbocycles. The highest BCUT2D eigenvalue weighted by Crippen LogP contribution is 2.42. The van der Waals surface area contributed by atoms with Crippen molar-refractivity contribution in [1.29, 1.82) is 0 Å². The van der Waals surface area contributed by atoms with Gasteiger partial charge in [-0.3, -0.25) is 14.5 Å². The molecule has 1 saturated heterocycles. The molecule has 1 fully saturated rings. The molecule has 0 saturated carbocycles. The molecule has 3 aromatic carbocycles. The van der Waals surface area contributed by atoms with Gasteiger partial charge in [-0.15, -0.1) is 0 Å². The number of carboxylic acid groups (broad SMARTS) is 1. The van der Waals surface area contributed by atoms with Crippen molar-refractivity contribution in [3.05, 3.63) is 77.9 Å². The average molecular weight is 633 g/mol. The predicted octanol–water partition coefficient (Wildman–Crippen LogP) is 5.01. The number of nitrogens with zero attached hydrogens (tertiary/aromatic N) is 3. The summed E-state index contributed by atoms with van der Waals surface area (Å²) in [6, 6.07) is 20.4. The van der Waals surface area contributed by atoms with Crippen LogP contribution in [0, 0.1) is 5.92 Å². The van der Waals surface area contributed by atoms with Crippen molar-refractivity contribution in [2.24, 2.45) is 5.92 Å². The van der Waals surface area contributed by atoms with Crippen LogP contribution in [0.25, 0.3) is 0 Å². The summed E-state index contributed by atoms with van der Waals surface area (Å²) >= 11 is 0. The van der Waals surface area contributed by atoms with Gasteiger partial charge in [0.1, 0.15) is 13.2 Å². The molecule has 1 N–H and O–H groups in total. The number of amides is 1. The first-order chi connectivity index (χ1) is 22.1. The second-order valence-corrected chi connectivity index (χ2v) is 13.1. The predicted molar refractivity (Wildman–Crippen MR) is 176 cm³/mol. The van der Waals surface area contributed by atoms with Gasteiger partial charge >= 0.3 is 5.97 Å². The van der Waals surface area contributed by atoms with E-state index in [9.17, 15) is 14.7 Å². The van der Waals surface area contributed by atoms with Gasteiger partial charge in [-0.25, -0.2) is 0 Å². The van der Waals surface area contributed by atoms with E-state index in [0.29, 0.717) is 36.1 Å². The molecular formula is C36H46N3O7+. The van der Waals surface area contributed by atoms with E-state index < -0.39 is 23.8 Å². The lowest BCUT2D eigenvalue weighted by Crippen LogP contribution is -2.46. The second-order valence-electron chi connectivity index (χ2n) is 13.1. The summed E-state index contributed by atoms with van der Waals surface area (Å²) in [5.41, 5.74) is 2.83. The number of ether oxygens (including phenoxy) is 4. The minimum Gasteiger partial charge on any atom is -0.493 e. The van der Waals surface area contributed by atoms with Crippen LogP contribution in [-0.2, 0) is 16.1 Å². The highest BCUT2D eigenvalue weighted by Gasteiger charge is 2.48. The number of anilines is 1. The number of benzene rings is 3. The molecule has 10 heteroatoms. The van der Waals surface area contributed by atoms with Gasteiger partial charge < -0.3 is 33.4 Å². The van der Waals surface area contributed by atoms with Crippen LogP contribution >= 0.6 is 0 Å². The lowest BCUT2D eigenvalue weighted by molar-refractivity contribution is -0.884. The summed E-state index contributed by atoms with van der Waals surface area (Å²) in [4.78, 5) is 31.0. The van der Waals surface area contributed by atoms with Gasteiger partial charge in [0.2, 0.25) is 12.7 Å². The van der Waals surface area contributed by atoms with Crippen LogP contribution < -0.4 is 23.8 Å². The van der Waals surface area contributed by atoms with Crippen LogP contribution in [-0.4, -0.2) is 93.7 Å². The Bertz CT molecular complexity index is 1520. The van der Waals surface area contributed by atoms with Gasteiger partial charge in [0.05, 0.1) is 46.8 Å². The number of hydrogen-bond acceptors (Lipinski definition) is 7. The summed E-state index contributed by atoms with van der Waals surface area (Å²) in [6.45, 7) is 4.13. The zero-order valence-electron chi connectivity index (χ0n) is 27.5. The van der Waals surface area contributed by atoms with Crippen LogP contribution in [0.1, 0.15) is 36.8 Å². The van der Waals surface area contributed by atoms with Gasteiger partial charge in [-0.05, 0) is 48.4 Å². The lowest BCUT2D eigenvalue weighted by Gasteiger charge is -2.30. The average Bonchev–Trinajstić information content (AvgIpc) is 3.64. The molecule has 246 valence electrons. The number of para-hydroxylation sites is 2. The van der Waals surface area contributed by atoms with Crippen molar-refractivity contribution in [2.75, 3.05) is 66.2 Å². The first kappa shape index (κ1) is 33.1. The lowest BCUT2D eigenvalue weighted by atomic mass is 9.85. The van der Waals surface area contributed by atoms with E-state index in [-0.39, 0.29) is 25.9 Å². The normalized spacial score (nSPS) is 19.2. The molecule has 2 aliphatic heterocycles. The minimum absolute atomic E-state index is 0.0497. The zero-order chi connectivity index (χ0) is 32.8. The maximum absolute atomic E-state index is 14.2. The molecule has 1 amide bonds. The SMILES string of the molecule is CCCCN(C(=O)CN1C[C@H](c2ccc3c(c2)OCO3)C(C(=O)O)[C@@H]1COc1ccccc1OC)c1cccc(C[N+](C)(C)C)c1. The number of unbranched alkanes of at least 4 members (excludes halogenated alkanes) is 1. The Balaban J connectivity index is 1.45. The number of likely N-dealkylation sites (tertiary alicyclic amines) is 1. The molecule has 2 aliphatic rings. The molecule has 0 spiro atoms. The van der Waals surface area contributed by atoms with Crippen molar-refractivity contribution < 1.29 is 38.1 Å². The van der Waals surface area contributed by atoms with Crippen LogP contribution in [0.15, 0.2) is 66.7 Å². The third kappa shape index (κ3) is 7.74. The van der Waals surface area contributed by atoms with Gasteiger partial charge in [0, 0.05) is 30.3 Å². The molecule has 0 aromatic heterocycles. The quantitative estimate of drug-likeness (QED) is 0.248. The molecule has 2 heterocycles. The summed E-state index contributed by atoms with van der Waals surface area (Å²) < 4.78 is 23.6. The number of carboxylic acids is 1. The number of carbonyl (C=O) groups is 2. The number of quaternary nitrogens is 1. The Morgan fingerprint density at radius 3 is 2.48 bits per heavy atom. The Kier molecular flexibility index (Phi) is 10.4. The fourth-order valence-corrected chi connectivity index (χ4v) is 6.44. The number of rotatable bonds is 14. The minimum atomic E-state index is -0.943. The van der Waals surface area contributed by atoms with E-state index >= 15 is 0 Å². The number of methoxy groups -OCH3 is 1. The van der Waals surface area contributed by atoms with Gasteiger partial charge in [-0.1, -0.05) is 43.7 Å². The molecular weight excluding hydrogens is 586 g/mol. The molecule has 10 nitrogen and oxygen atoms in total. The zero-order valence-corrected chi connectivity index (χ0v) is 27.5. The number of aliphatic carboxylic acids is 1. The largest absolute Gasteiger partial charge is 0.493 e. The molecule has 5 rings (SSSR count). The van der Waals surface area contributed by atoms with Gasteiger partial charge in [0.25, 0.3) is 0 Å². The Morgan fingerprint density at radius 2 is 1.76 bits per heavy atom. The van der Waals surface area contributed by atoms with Crippen LogP contribution in [0.4, 0.5) is 5.69 Å². The highest BCUT2D eigenvalue weighted by molar-refractivity contribution is 5.95. The molecule has 1 unspecified atom stereocenters. The maximum atomic E-state index is 14.2. The van der Waals surface area contributed by atoms with Gasteiger partial charge in [-0.2, -0.15) is 0 Å². The molecule has 0 bridgehead atoms. The standard InChI is InChI=1S/C36H45N3O7/c1-6-7-17-38(27-12-10-11-25(18-27)22-39(2,3)4)34(40)21-37-20-28(26-15-16-32-33(19-26)46-24-45-32)35(36(41)42)29(37)23-44-31-14-9-8-13-30(31)43-5/h8-16,18-19,28-29,35H,6-7,17,20-24H2,1-5H3/p+1/t28-,29+,35?/m1/s1. The molecule has 46 heavy (non-hydrogen) atoms. The van der Waals surface area contributed by atoms with E-state index in [1.165, 1.54) is 0 Å². The van der Waals surface area contributed by atoms with Crippen molar-refractivity contribution in [3.8, 4) is 23.0 Å². The van der Waals surface area contributed by atoms with E-state index in [0.717, 1.165) is 40.7 Å². The van der Waals surface area contributed by atoms with Crippen molar-refractivity contribution >= 4 is 17.6 Å². The third-order valence-electron chi connectivity index (χ3n) is 8.59. The van der Waals surface area contributed by atoms with E-state index in [1.54, 1.807) is 19.2 Å². The van der Waals surface area contributed by atoms with E-state index in [1.807, 2.05) is 52.3 Å². The van der Waals surface area contributed by atoms with Crippen LogP contribution in [0.5, 0.6) is 23.0 Å². The van der Waals surface area contributed by atoms with E-state index in [4.69, 9.17) is 18.9 Å². The Morgan fingerprint density at radius 1 is 1.00 bits per heavy atom. The smallest absolute Gasteiger partial charge is 0.308 e. The third-order valence-corrected chi connectivity index (χ3v) is 8.59. The monoisotopic (exact) mass is 632 g/mol. The van der Waals surface area contributed by atoms with Crippen LogP contribution in [0.2, 0.25) is 0 Å². The molecule has 3 aromatic rings. The van der Waals surface area contributed by atoms with Crippen molar-refractivity contribution in [3.63, 3.8) is 0 Å². The van der Waals surface area contributed by atoms with Gasteiger partial charge in [0.15, 0.2) is 23.0 Å². The topological polar surface area (TPSA) is 97.8 Å². The summed E-state index contributed by atoms with van der Waals surface area (Å²) in [5, 5.41) is 10.6. The van der Waals surface area contributed by atoms with Crippen LogP contribution in [0.3, 0.4) is 0 Å². The Labute approximate surface area is 271 Å². The first-order valence-corrected chi connectivity index (χ1v) is 15.9. The van der Waals surface area contributed by atoms with Crippen molar-refractivity contribution in [1.82, 2.24) is 4.90 Å². The van der Waals surface area contributed by atoms with E-state index in [2.05, 4.69) is 40.2 Å². The molecule has 0 radical (unpaired) electrons. The summed E-state index contributed by atoms with van der Waals surface area (Å²) in [5.74, 6) is 0.0549. The summed E-state index contributed by atoms with van der Waals surface area (Å²) in [6.07, 6.45) is 1.79.